The smallest absolute Gasteiger partial charge is 0.252 e. The Kier molecular flexibility index (Phi) is 5.45. The largest absolute Gasteiger partial charge is 0.349 e. The van der Waals surface area contributed by atoms with Gasteiger partial charge in [-0.25, -0.2) is 4.98 Å². The molecule has 1 aliphatic carbocycles. The molecule has 0 bridgehead atoms. The molecule has 0 radical (unpaired) electrons. The first-order valence-electron chi connectivity index (χ1n) is 9.40. The van der Waals surface area contributed by atoms with Crippen molar-refractivity contribution < 1.29 is 4.79 Å². The summed E-state index contributed by atoms with van der Waals surface area (Å²) < 4.78 is 2.02. The highest BCUT2D eigenvalue weighted by Gasteiger charge is 2.21. The molecule has 0 aliphatic heterocycles. The highest BCUT2D eigenvalue weighted by atomic mass is 32.2. The summed E-state index contributed by atoms with van der Waals surface area (Å²) in [6, 6.07) is 14.3. The average Bonchev–Trinajstić information content (AvgIpc) is 3.11. The van der Waals surface area contributed by atoms with Crippen molar-refractivity contribution in [2.24, 2.45) is 5.73 Å². The van der Waals surface area contributed by atoms with Crippen molar-refractivity contribution in [2.75, 3.05) is 0 Å². The first kappa shape index (κ1) is 18.1. The molecule has 0 spiro atoms. The van der Waals surface area contributed by atoms with E-state index in [9.17, 15) is 4.79 Å². The van der Waals surface area contributed by atoms with Crippen LogP contribution in [0.1, 0.15) is 41.7 Å². The molecule has 0 unspecified atom stereocenters. The van der Waals surface area contributed by atoms with E-state index in [-0.39, 0.29) is 18.0 Å². The normalized spacial score (nSPS) is 19.9. The van der Waals surface area contributed by atoms with Gasteiger partial charge in [-0.15, -0.1) is 11.8 Å². The van der Waals surface area contributed by atoms with E-state index in [2.05, 4.69) is 10.3 Å². The lowest BCUT2D eigenvalue weighted by atomic mass is 9.91. The minimum absolute atomic E-state index is 0.00794. The highest BCUT2D eigenvalue weighted by molar-refractivity contribution is 7.98. The number of hydrogen-bond acceptors (Lipinski definition) is 4. The van der Waals surface area contributed by atoms with Crippen molar-refractivity contribution in [2.45, 2.75) is 48.4 Å². The van der Waals surface area contributed by atoms with Gasteiger partial charge in [-0.2, -0.15) is 0 Å². The molecule has 0 saturated heterocycles. The van der Waals surface area contributed by atoms with Crippen molar-refractivity contribution in [1.82, 2.24) is 14.7 Å². The number of thioether (sulfide) groups is 1. The van der Waals surface area contributed by atoms with Gasteiger partial charge in [0.2, 0.25) is 0 Å². The molecule has 27 heavy (non-hydrogen) atoms. The summed E-state index contributed by atoms with van der Waals surface area (Å²) >= 11 is 1.65. The molecule has 1 amide bonds. The fraction of sp³-hybridized carbons (Fsp3) is 0.333. The molecule has 5 nitrogen and oxygen atoms in total. The van der Waals surface area contributed by atoms with Crippen molar-refractivity contribution in [1.29, 1.82) is 0 Å². The summed E-state index contributed by atoms with van der Waals surface area (Å²) in [5.74, 6) is 0.734. The van der Waals surface area contributed by atoms with Gasteiger partial charge >= 0.3 is 0 Å². The molecule has 1 aliphatic rings. The Balaban J connectivity index is 1.43. The third-order valence-electron chi connectivity index (χ3n) is 5.03. The van der Waals surface area contributed by atoms with E-state index in [1.165, 1.54) is 0 Å². The number of carbonyl (C=O) groups excluding carboxylic acids is 1. The van der Waals surface area contributed by atoms with Gasteiger partial charge in [0.05, 0.1) is 11.3 Å². The van der Waals surface area contributed by atoms with E-state index in [0.29, 0.717) is 0 Å². The Hall–Kier alpha value is -2.31. The van der Waals surface area contributed by atoms with Gasteiger partial charge in [0.15, 0.2) is 0 Å². The van der Waals surface area contributed by atoms with E-state index in [1.54, 1.807) is 11.8 Å². The molecule has 140 valence electrons. The Bertz CT molecular complexity index is 898. The summed E-state index contributed by atoms with van der Waals surface area (Å²) in [7, 11) is 0. The van der Waals surface area contributed by atoms with E-state index in [1.807, 2.05) is 59.3 Å². The van der Waals surface area contributed by atoms with Crippen LogP contribution in [0.15, 0.2) is 59.8 Å². The van der Waals surface area contributed by atoms with Crippen molar-refractivity contribution in [3.63, 3.8) is 0 Å². The number of rotatable bonds is 5. The monoisotopic (exact) mass is 380 g/mol. The van der Waals surface area contributed by atoms with E-state index < -0.39 is 0 Å². The maximum absolute atomic E-state index is 12.8. The highest BCUT2D eigenvalue weighted by Crippen LogP contribution is 2.27. The zero-order valence-electron chi connectivity index (χ0n) is 15.2. The fourth-order valence-corrected chi connectivity index (χ4v) is 4.45. The van der Waals surface area contributed by atoms with Crippen molar-refractivity contribution >= 4 is 23.3 Å². The van der Waals surface area contributed by atoms with Gasteiger partial charge < -0.3 is 15.5 Å². The first-order chi connectivity index (χ1) is 13.2. The summed E-state index contributed by atoms with van der Waals surface area (Å²) in [6.07, 6.45) is 7.92. The number of nitrogens with two attached hydrogens (primary N) is 1. The lowest BCUT2D eigenvalue weighted by molar-refractivity contribution is 0.0923. The number of fused-ring (bicyclic) bond motifs is 1. The zero-order valence-corrected chi connectivity index (χ0v) is 16.0. The van der Waals surface area contributed by atoms with Crippen molar-refractivity contribution in [3.05, 3.63) is 66.1 Å². The third-order valence-corrected chi connectivity index (χ3v) is 6.14. The first-order valence-corrected chi connectivity index (χ1v) is 10.4. The third kappa shape index (κ3) is 4.34. The van der Waals surface area contributed by atoms with Gasteiger partial charge in [0.25, 0.3) is 5.91 Å². The molecule has 1 saturated carbocycles. The van der Waals surface area contributed by atoms with Gasteiger partial charge in [0, 0.05) is 35.1 Å². The minimum atomic E-state index is 0.00794. The number of imidazole rings is 1. The molecule has 3 aromatic rings. The van der Waals surface area contributed by atoms with Crippen LogP contribution in [0, 0.1) is 0 Å². The Morgan fingerprint density at radius 3 is 2.74 bits per heavy atom. The lowest BCUT2D eigenvalue weighted by Crippen LogP contribution is -2.40. The van der Waals surface area contributed by atoms with Crippen LogP contribution in [0.3, 0.4) is 0 Å². The summed E-state index contributed by atoms with van der Waals surface area (Å²) in [4.78, 5) is 18.4. The number of benzene rings is 1. The fourth-order valence-electron chi connectivity index (χ4n) is 3.52. The number of hydrogen-bond donors (Lipinski definition) is 2. The number of nitrogens with one attached hydrogen (secondary N) is 1. The van der Waals surface area contributed by atoms with Crippen LogP contribution in [0.5, 0.6) is 0 Å². The average molecular weight is 381 g/mol. The van der Waals surface area contributed by atoms with Crippen LogP contribution >= 0.6 is 11.8 Å². The van der Waals surface area contributed by atoms with Crippen LogP contribution in [-0.2, 0) is 5.75 Å². The Labute approximate surface area is 163 Å². The second kappa shape index (κ2) is 8.15. The van der Waals surface area contributed by atoms with Gasteiger partial charge in [-0.05, 0) is 49.9 Å². The van der Waals surface area contributed by atoms with Crippen LogP contribution in [0.2, 0.25) is 0 Å². The molecule has 1 aromatic carbocycles. The van der Waals surface area contributed by atoms with Crippen LogP contribution in [0.4, 0.5) is 0 Å². The molecular weight excluding hydrogens is 356 g/mol. The molecular formula is C21H24N4OS. The maximum atomic E-state index is 12.8. The predicted molar refractivity (Wildman–Crippen MR) is 109 cm³/mol. The standard InChI is InChI=1S/C21H24N4OS/c22-15-8-10-16(11-9-15)24-21(26)18-5-1-2-6-19(18)27-14-17-13-25-12-4-3-7-20(25)23-17/h1-7,12-13,15-16H,8-11,14,22H2,(H,24,26). The Morgan fingerprint density at radius 1 is 1.15 bits per heavy atom. The molecule has 1 fully saturated rings. The number of nitrogens with zero attached hydrogens (tertiary/aromatic N) is 2. The SMILES string of the molecule is NC1CCC(NC(=O)c2ccccc2SCc2cn3ccccc3n2)CC1. The van der Waals surface area contributed by atoms with E-state index >= 15 is 0 Å². The number of amides is 1. The topological polar surface area (TPSA) is 72.4 Å². The molecule has 6 heteroatoms. The van der Waals surface area contributed by atoms with E-state index in [0.717, 1.165) is 53.2 Å². The zero-order chi connectivity index (χ0) is 18.6. The molecule has 0 atom stereocenters. The Morgan fingerprint density at radius 2 is 1.93 bits per heavy atom. The molecule has 4 rings (SSSR count). The summed E-state index contributed by atoms with van der Waals surface area (Å²) in [5, 5.41) is 3.19. The second-order valence-corrected chi connectivity index (χ2v) is 8.09. The van der Waals surface area contributed by atoms with Crippen LogP contribution in [0.25, 0.3) is 5.65 Å². The number of carbonyl (C=O) groups is 1. The van der Waals surface area contributed by atoms with Crippen LogP contribution < -0.4 is 11.1 Å². The number of aromatic nitrogens is 2. The summed E-state index contributed by atoms with van der Waals surface area (Å²) in [6.45, 7) is 0. The number of pyridine rings is 1. The molecule has 2 aromatic heterocycles. The minimum Gasteiger partial charge on any atom is -0.349 e. The molecule has 3 N–H and O–H groups in total. The van der Waals surface area contributed by atoms with Gasteiger partial charge in [-0.1, -0.05) is 18.2 Å². The van der Waals surface area contributed by atoms with Gasteiger partial charge in [0.1, 0.15) is 5.65 Å². The van der Waals surface area contributed by atoms with Crippen molar-refractivity contribution in [3.8, 4) is 0 Å². The molecule has 2 heterocycles. The van der Waals surface area contributed by atoms with Gasteiger partial charge in [-0.3, -0.25) is 4.79 Å². The summed E-state index contributed by atoms with van der Waals surface area (Å²) in [5.41, 5.74) is 8.64. The maximum Gasteiger partial charge on any atom is 0.252 e. The second-order valence-electron chi connectivity index (χ2n) is 7.07. The predicted octanol–water partition coefficient (Wildman–Crippen LogP) is 3.63. The van der Waals surface area contributed by atoms with E-state index in [4.69, 9.17) is 5.73 Å². The lowest BCUT2D eigenvalue weighted by Gasteiger charge is -2.27. The van der Waals surface area contributed by atoms with Crippen LogP contribution in [-0.4, -0.2) is 27.4 Å². The quantitative estimate of drug-likeness (QED) is 0.663.